The summed E-state index contributed by atoms with van der Waals surface area (Å²) in [7, 11) is 1.52. The van der Waals surface area contributed by atoms with Crippen LogP contribution in [0.25, 0.3) is 0 Å². The van der Waals surface area contributed by atoms with Crippen molar-refractivity contribution in [1.82, 2.24) is 4.90 Å². The molecule has 0 aromatic heterocycles. The average molecular weight is 158 g/mol. The molecule has 0 spiro atoms. The predicted octanol–water partition coefficient (Wildman–Crippen LogP) is -2.08. The highest BCUT2D eigenvalue weighted by atomic mass is 16.3. The summed E-state index contributed by atoms with van der Waals surface area (Å²) in [4.78, 5) is 22.9. The van der Waals surface area contributed by atoms with Crippen LogP contribution in [0.4, 0.5) is 0 Å². The molecule has 2 amide bonds. The van der Waals surface area contributed by atoms with Crippen LogP contribution in [0.5, 0.6) is 0 Å². The molecule has 3 N–H and O–H groups in total. The number of carbonyl (C=O) groups excluding carboxylic acids is 2. The summed E-state index contributed by atoms with van der Waals surface area (Å²) in [6.45, 7) is 0.187. The highest BCUT2D eigenvalue weighted by Crippen LogP contribution is 2.15. The van der Waals surface area contributed by atoms with Crippen molar-refractivity contribution in [2.24, 2.45) is 11.7 Å². The first-order chi connectivity index (χ1) is 5.04. The number of nitrogens with zero attached hydrogens (tertiary/aromatic N) is 1. The summed E-state index contributed by atoms with van der Waals surface area (Å²) in [5.74, 6) is -2.20. The van der Waals surface area contributed by atoms with Crippen molar-refractivity contribution in [1.29, 1.82) is 0 Å². The van der Waals surface area contributed by atoms with Gasteiger partial charge in [-0.3, -0.25) is 9.59 Å². The van der Waals surface area contributed by atoms with Crippen molar-refractivity contribution in [2.45, 2.75) is 6.10 Å². The van der Waals surface area contributed by atoms with Crippen LogP contribution >= 0.6 is 0 Å². The van der Waals surface area contributed by atoms with E-state index in [1.165, 1.54) is 11.9 Å². The van der Waals surface area contributed by atoms with E-state index in [9.17, 15) is 9.59 Å². The van der Waals surface area contributed by atoms with Crippen molar-refractivity contribution < 1.29 is 14.7 Å². The van der Waals surface area contributed by atoms with Crippen LogP contribution in [0.1, 0.15) is 0 Å². The van der Waals surface area contributed by atoms with Crippen molar-refractivity contribution in [2.75, 3.05) is 13.6 Å². The number of primary amides is 1. The van der Waals surface area contributed by atoms with Crippen molar-refractivity contribution in [3.63, 3.8) is 0 Å². The van der Waals surface area contributed by atoms with Crippen LogP contribution in [0.3, 0.4) is 0 Å². The molecule has 5 nitrogen and oxygen atoms in total. The molecule has 2 atom stereocenters. The van der Waals surface area contributed by atoms with Gasteiger partial charge in [0.25, 0.3) is 0 Å². The first-order valence-electron chi connectivity index (χ1n) is 3.26. The molecule has 1 rings (SSSR count). The van der Waals surface area contributed by atoms with Crippen LogP contribution in [0, 0.1) is 5.92 Å². The molecule has 1 aliphatic heterocycles. The molecule has 1 saturated heterocycles. The molecule has 62 valence electrons. The number of likely N-dealkylation sites (tertiary alicyclic amines) is 1. The number of aliphatic hydroxyl groups is 1. The summed E-state index contributed by atoms with van der Waals surface area (Å²) in [5.41, 5.74) is 4.89. The normalized spacial score (nSPS) is 31.1. The number of amides is 2. The zero-order valence-electron chi connectivity index (χ0n) is 6.15. The number of rotatable bonds is 1. The van der Waals surface area contributed by atoms with Gasteiger partial charge in [0.15, 0.2) is 0 Å². The van der Waals surface area contributed by atoms with E-state index in [1.807, 2.05) is 0 Å². The summed E-state index contributed by atoms with van der Waals surface area (Å²) >= 11 is 0. The Morgan fingerprint density at radius 2 is 2.36 bits per heavy atom. The van der Waals surface area contributed by atoms with Gasteiger partial charge in [0.2, 0.25) is 11.8 Å². The Morgan fingerprint density at radius 1 is 1.82 bits per heavy atom. The summed E-state index contributed by atoms with van der Waals surface area (Å²) in [6.07, 6.45) is -0.940. The largest absolute Gasteiger partial charge is 0.390 e. The third-order valence-corrected chi connectivity index (χ3v) is 1.79. The fourth-order valence-corrected chi connectivity index (χ4v) is 1.19. The highest BCUT2D eigenvalue weighted by molar-refractivity contribution is 6.01. The molecule has 0 aliphatic carbocycles. The fraction of sp³-hybridized carbons (Fsp3) is 0.667. The van der Waals surface area contributed by atoms with E-state index in [-0.39, 0.29) is 6.54 Å². The van der Waals surface area contributed by atoms with Gasteiger partial charge >= 0.3 is 0 Å². The molecular weight excluding hydrogens is 148 g/mol. The minimum Gasteiger partial charge on any atom is -0.390 e. The monoisotopic (exact) mass is 158 g/mol. The molecule has 2 unspecified atom stereocenters. The number of hydrogen-bond acceptors (Lipinski definition) is 3. The second-order valence-corrected chi connectivity index (χ2v) is 2.67. The molecule has 1 heterocycles. The molecule has 11 heavy (non-hydrogen) atoms. The molecule has 0 aromatic rings. The fourth-order valence-electron chi connectivity index (χ4n) is 1.19. The molecule has 1 aliphatic rings. The summed E-state index contributed by atoms with van der Waals surface area (Å²) in [5, 5.41) is 9.14. The Morgan fingerprint density at radius 3 is 2.55 bits per heavy atom. The SMILES string of the molecule is CN1CC(O)C(C(N)=O)C1=O. The van der Waals surface area contributed by atoms with E-state index in [2.05, 4.69) is 0 Å². The Labute approximate surface area is 63.8 Å². The van der Waals surface area contributed by atoms with Gasteiger partial charge in [-0.15, -0.1) is 0 Å². The van der Waals surface area contributed by atoms with Crippen LogP contribution in [-0.4, -0.2) is 41.5 Å². The summed E-state index contributed by atoms with van der Waals surface area (Å²) < 4.78 is 0. The minimum atomic E-state index is -1.04. The molecular formula is C6H10N2O3. The number of β-amino-alcohol motifs (C(OH)–C–C–N with tert-alkyl or cyclic N) is 1. The molecule has 5 heteroatoms. The van der Waals surface area contributed by atoms with Crippen LogP contribution in [-0.2, 0) is 9.59 Å². The minimum absolute atomic E-state index is 0.187. The second kappa shape index (κ2) is 2.50. The van der Waals surface area contributed by atoms with E-state index >= 15 is 0 Å². The predicted molar refractivity (Wildman–Crippen MR) is 36.3 cm³/mol. The lowest BCUT2D eigenvalue weighted by molar-refractivity contribution is -0.137. The molecule has 0 bridgehead atoms. The van der Waals surface area contributed by atoms with E-state index in [0.717, 1.165) is 0 Å². The van der Waals surface area contributed by atoms with Crippen LogP contribution in [0.2, 0.25) is 0 Å². The van der Waals surface area contributed by atoms with Gasteiger partial charge in [0.05, 0.1) is 6.10 Å². The highest BCUT2D eigenvalue weighted by Gasteiger charge is 2.41. The maximum Gasteiger partial charge on any atom is 0.237 e. The zero-order valence-corrected chi connectivity index (χ0v) is 6.15. The number of likely N-dealkylation sites (N-methyl/N-ethyl adjacent to an activating group) is 1. The zero-order chi connectivity index (χ0) is 8.59. The van der Waals surface area contributed by atoms with Gasteiger partial charge in [0, 0.05) is 13.6 Å². The van der Waals surface area contributed by atoms with Crippen LogP contribution < -0.4 is 5.73 Å². The van der Waals surface area contributed by atoms with Gasteiger partial charge in [-0.1, -0.05) is 0 Å². The topological polar surface area (TPSA) is 83.6 Å². The standard InChI is InChI=1S/C6H10N2O3/c1-8-2-3(9)4(5(7)10)6(8)11/h3-4,9H,2H2,1H3,(H2,7,10). The number of aliphatic hydroxyl groups excluding tert-OH is 1. The average Bonchev–Trinajstić information content (AvgIpc) is 2.07. The van der Waals surface area contributed by atoms with Gasteiger partial charge < -0.3 is 15.7 Å². The van der Waals surface area contributed by atoms with E-state index in [0.29, 0.717) is 0 Å². The van der Waals surface area contributed by atoms with E-state index in [1.54, 1.807) is 0 Å². The third-order valence-electron chi connectivity index (χ3n) is 1.79. The Kier molecular flexibility index (Phi) is 1.82. The smallest absolute Gasteiger partial charge is 0.237 e. The Balaban J connectivity index is 2.80. The van der Waals surface area contributed by atoms with Gasteiger partial charge in [0.1, 0.15) is 5.92 Å². The summed E-state index contributed by atoms with van der Waals surface area (Å²) in [6, 6.07) is 0. The van der Waals surface area contributed by atoms with Crippen molar-refractivity contribution in [3.05, 3.63) is 0 Å². The van der Waals surface area contributed by atoms with Crippen molar-refractivity contribution in [3.8, 4) is 0 Å². The lowest BCUT2D eigenvalue weighted by Gasteiger charge is -2.05. The number of nitrogens with two attached hydrogens (primary N) is 1. The van der Waals surface area contributed by atoms with E-state index < -0.39 is 23.8 Å². The lowest BCUT2D eigenvalue weighted by atomic mass is 10.1. The Bertz CT molecular complexity index is 204. The lowest BCUT2D eigenvalue weighted by Crippen LogP contribution is -2.35. The van der Waals surface area contributed by atoms with E-state index in [4.69, 9.17) is 10.8 Å². The van der Waals surface area contributed by atoms with Gasteiger partial charge in [-0.05, 0) is 0 Å². The number of hydrogen-bond donors (Lipinski definition) is 2. The molecule has 0 radical (unpaired) electrons. The first kappa shape index (κ1) is 8.00. The van der Waals surface area contributed by atoms with Crippen molar-refractivity contribution >= 4 is 11.8 Å². The third kappa shape index (κ3) is 1.19. The second-order valence-electron chi connectivity index (χ2n) is 2.67. The molecule has 0 saturated carbocycles. The van der Waals surface area contributed by atoms with Gasteiger partial charge in [-0.2, -0.15) is 0 Å². The molecule has 0 aromatic carbocycles. The maximum absolute atomic E-state index is 11.0. The number of carbonyl (C=O) groups is 2. The van der Waals surface area contributed by atoms with Crippen LogP contribution in [0.15, 0.2) is 0 Å². The maximum atomic E-state index is 11.0. The molecule has 1 fully saturated rings. The Hall–Kier alpha value is -1.10. The quantitative estimate of drug-likeness (QED) is 0.429. The van der Waals surface area contributed by atoms with Gasteiger partial charge in [-0.25, -0.2) is 0 Å². The first-order valence-corrected chi connectivity index (χ1v) is 3.26.